The smallest absolute Gasteiger partial charge is 0.262 e. The van der Waals surface area contributed by atoms with Crippen LogP contribution in [0.2, 0.25) is 0 Å². The molecule has 5 heteroatoms. The normalized spacial score (nSPS) is 17.7. The van der Waals surface area contributed by atoms with Crippen molar-refractivity contribution in [2.75, 3.05) is 11.4 Å². The standard InChI is InChI=1S/C34H33N2S3/c1-3-35-28-17-8-10-19-30(28)38-32(35)23-21-25-13-12-14-26(34(25)37-27-15-6-5-7-16-27)22-24-33-36(4-2)29-18-9-11-20-31(29)39-33/h5-11,15-24H,3-4,12-14H2,1-2H3/q+1. The molecule has 2 heterocycles. The zero-order chi connectivity index (χ0) is 26.6. The Morgan fingerprint density at radius 1 is 0.872 bits per heavy atom. The van der Waals surface area contributed by atoms with Crippen molar-refractivity contribution < 1.29 is 4.57 Å². The van der Waals surface area contributed by atoms with Crippen LogP contribution < -0.4 is 9.47 Å². The van der Waals surface area contributed by atoms with Crippen LogP contribution >= 0.6 is 34.9 Å². The summed E-state index contributed by atoms with van der Waals surface area (Å²) in [6.45, 7) is 6.42. The number of benzene rings is 3. The molecule has 39 heavy (non-hydrogen) atoms. The number of aromatic nitrogens is 1. The van der Waals surface area contributed by atoms with E-state index in [1.165, 1.54) is 58.2 Å². The fourth-order valence-electron chi connectivity index (χ4n) is 5.31. The second-order valence-electron chi connectivity index (χ2n) is 9.62. The highest BCUT2D eigenvalue weighted by atomic mass is 32.2. The van der Waals surface area contributed by atoms with Gasteiger partial charge in [0.15, 0.2) is 0 Å². The SMILES string of the molecule is CCN1/C(=C/C=C2\CCCC(/C=C/c3sc4ccccc4[n+]3CC)=C2Sc2ccccc2)Sc2ccccc21. The monoisotopic (exact) mass is 565 g/mol. The first-order valence-electron chi connectivity index (χ1n) is 13.8. The summed E-state index contributed by atoms with van der Waals surface area (Å²) in [5.41, 5.74) is 5.52. The summed E-state index contributed by atoms with van der Waals surface area (Å²) in [6, 6.07) is 28.3. The molecule has 1 aliphatic heterocycles. The lowest BCUT2D eigenvalue weighted by atomic mass is 9.94. The van der Waals surface area contributed by atoms with E-state index in [9.17, 15) is 0 Å². The number of anilines is 1. The minimum absolute atomic E-state index is 0.973. The largest absolute Gasteiger partial charge is 0.335 e. The maximum Gasteiger partial charge on any atom is 0.262 e. The third-order valence-electron chi connectivity index (χ3n) is 7.20. The van der Waals surface area contributed by atoms with Crippen LogP contribution in [0.25, 0.3) is 16.3 Å². The molecular weight excluding hydrogens is 533 g/mol. The lowest BCUT2D eigenvalue weighted by Crippen LogP contribution is -2.33. The van der Waals surface area contributed by atoms with E-state index in [1.54, 1.807) is 0 Å². The quantitative estimate of drug-likeness (QED) is 0.206. The molecule has 0 amide bonds. The van der Waals surface area contributed by atoms with Crippen LogP contribution in [0.1, 0.15) is 38.1 Å². The van der Waals surface area contributed by atoms with Crippen LogP contribution in [0, 0.1) is 0 Å². The second-order valence-corrected chi connectivity index (χ2v) is 12.8. The molecule has 2 aliphatic rings. The van der Waals surface area contributed by atoms with Gasteiger partial charge in [0.25, 0.3) is 5.01 Å². The highest BCUT2D eigenvalue weighted by Gasteiger charge is 2.24. The third-order valence-corrected chi connectivity index (χ3v) is 10.7. The molecule has 0 unspecified atom stereocenters. The number of hydrogen-bond acceptors (Lipinski definition) is 4. The van der Waals surface area contributed by atoms with Crippen molar-refractivity contribution >= 4 is 56.8 Å². The van der Waals surface area contributed by atoms with Crippen molar-refractivity contribution in [3.05, 3.63) is 123 Å². The molecule has 0 atom stereocenters. The molecule has 0 saturated heterocycles. The minimum atomic E-state index is 0.973. The van der Waals surface area contributed by atoms with E-state index in [-0.39, 0.29) is 0 Å². The Bertz CT molecular complexity index is 1610. The number of para-hydroxylation sites is 2. The predicted molar refractivity (Wildman–Crippen MR) is 171 cm³/mol. The lowest BCUT2D eigenvalue weighted by Gasteiger charge is -2.22. The van der Waals surface area contributed by atoms with Gasteiger partial charge < -0.3 is 4.90 Å². The highest BCUT2D eigenvalue weighted by Crippen LogP contribution is 2.46. The van der Waals surface area contributed by atoms with E-state index < -0.39 is 0 Å². The van der Waals surface area contributed by atoms with Crippen molar-refractivity contribution in [3.63, 3.8) is 0 Å². The summed E-state index contributed by atoms with van der Waals surface area (Å²) in [7, 11) is 0. The van der Waals surface area contributed by atoms with Gasteiger partial charge in [0.2, 0.25) is 5.52 Å². The molecule has 1 aromatic heterocycles. The summed E-state index contributed by atoms with van der Waals surface area (Å²) < 4.78 is 3.78. The highest BCUT2D eigenvalue weighted by molar-refractivity contribution is 8.04. The molecule has 0 fully saturated rings. The zero-order valence-corrected chi connectivity index (χ0v) is 24.9. The maximum absolute atomic E-state index is 2.43. The van der Waals surface area contributed by atoms with Crippen molar-refractivity contribution in [2.24, 2.45) is 0 Å². The van der Waals surface area contributed by atoms with E-state index in [1.807, 2.05) is 34.9 Å². The summed E-state index contributed by atoms with van der Waals surface area (Å²) >= 11 is 5.68. The van der Waals surface area contributed by atoms with Gasteiger partial charge in [-0.15, -0.1) is 0 Å². The molecule has 0 radical (unpaired) electrons. The van der Waals surface area contributed by atoms with Crippen molar-refractivity contribution in [1.29, 1.82) is 0 Å². The fraction of sp³-hybridized carbons (Fsp3) is 0.206. The molecule has 0 spiro atoms. The molecule has 6 rings (SSSR count). The average molecular weight is 566 g/mol. The van der Waals surface area contributed by atoms with Crippen molar-refractivity contribution in [3.8, 4) is 0 Å². The Kier molecular flexibility index (Phi) is 8.10. The van der Waals surface area contributed by atoms with Crippen LogP contribution in [-0.4, -0.2) is 6.54 Å². The number of fused-ring (bicyclic) bond motifs is 2. The lowest BCUT2D eigenvalue weighted by molar-refractivity contribution is -0.665. The summed E-state index contributed by atoms with van der Waals surface area (Å²) in [6.07, 6.45) is 12.9. The Morgan fingerprint density at radius 2 is 1.67 bits per heavy atom. The van der Waals surface area contributed by atoms with E-state index in [4.69, 9.17) is 0 Å². The number of nitrogens with zero attached hydrogens (tertiary/aromatic N) is 2. The molecule has 1 aliphatic carbocycles. The molecule has 0 saturated carbocycles. The Balaban J connectivity index is 1.38. The molecule has 196 valence electrons. The summed E-state index contributed by atoms with van der Waals surface area (Å²) in [4.78, 5) is 6.48. The minimum Gasteiger partial charge on any atom is -0.335 e. The molecule has 3 aromatic carbocycles. The van der Waals surface area contributed by atoms with Gasteiger partial charge in [-0.05, 0) is 80.7 Å². The number of hydrogen-bond donors (Lipinski definition) is 0. The number of thiazole rings is 1. The van der Waals surface area contributed by atoms with Crippen LogP contribution in [0.4, 0.5) is 5.69 Å². The first-order chi connectivity index (χ1) is 19.2. The Labute approximate surface area is 244 Å². The first-order valence-corrected chi connectivity index (χ1v) is 16.2. The van der Waals surface area contributed by atoms with Gasteiger partial charge in [-0.2, -0.15) is 4.57 Å². The van der Waals surface area contributed by atoms with Gasteiger partial charge in [0, 0.05) is 33.4 Å². The van der Waals surface area contributed by atoms with Gasteiger partial charge in [-0.25, -0.2) is 0 Å². The number of rotatable bonds is 7. The molecule has 0 N–H and O–H groups in total. The number of allylic oxidation sites excluding steroid dienone is 5. The molecular formula is C34H33N2S3+. The van der Waals surface area contributed by atoms with E-state index in [0.29, 0.717) is 0 Å². The summed E-state index contributed by atoms with van der Waals surface area (Å²) in [5.74, 6) is 0. The van der Waals surface area contributed by atoms with Gasteiger partial charge in [0.05, 0.1) is 10.7 Å². The van der Waals surface area contributed by atoms with Crippen molar-refractivity contribution in [2.45, 2.75) is 49.4 Å². The average Bonchev–Trinajstić information content (AvgIpc) is 3.53. The van der Waals surface area contributed by atoms with Gasteiger partial charge >= 0.3 is 0 Å². The van der Waals surface area contributed by atoms with Crippen LogP contribution in [0.15, 0.2) is 128 Å². The Morgan fingerprint density at radius 3 is 2.51 bits per heavy atom. The third kappa shape index (κ3) is 5.54. The first kappa shape index (κ1) is 26.2. The molecule has 0 bridgehead atoms. The van der Waals surface area contributed by atoms with E-state index in [0.717, 1.165) is 25.9 Å². The van der Waals surface area contributed by atoms with Crippen LogP contribution in [-0.2, 0) is 6.54 Å². The summed E-state index contributed by atoms with van der Waals surface area (Å²) in [5, 5.41) is 2.62. The van der Waals surface area contributed by atoms with E-state index in [2.05, 4.69) is 126 Å². The van der Waals surface area contributed by atoms with Gasteiger partial charge in [-0.1, -0.05) is 89.5 Å². The van der Waals surface area contributed by atoms with Crippen LogP contribution in [0.5, 0.6) is 0 Å². The zero-order valence-electron chi connectivity index (χ0n) is 22.5. The van der Waals surface area contributed by atoms with Crippen LogP contribution in [0.3, 0.4) is 0 Å². The number of thioether (sulfide) groups is 2. The van der Waals surface area contributed by atoms with Gasteiger partial charge in [0.1, 0.15) is 11.2 Å². The van der Waals surface area contributed by atoms with Gasteiger partial charge in [-0.3, -0.25) is 0 Å². The molecule has 4 aromatic rings. The predicted octanol–water partition coefficient (Wildman–Crippen LogP) is 9.85. The maximum atomic E-state index is 2.43. The fourth-order valence-corrected chi connectivity index (χ4v) is 8.70. The number of aryl methyl sites for hydroxylation is 1. The topological polar surface area (TPSA) is 7.12 Å². The van der Waals surface area contributed by atoms with Crippen molar-refractivity contribution in [1.82, 2.24) is 0 Å². The molecule has 2 nitrogen and oxygen atoms in total. The second kappa shape index (κ2) is 12.0. The van der Waals surface area contributed by atoms with E-state index >= 15 is 0 Å². The Hall–Kier alpha value is -2.99.